The van der Waals surface area contributed by atoms with Crippen molar-refractivity contribution in [3.63, 3.8) is 0 Å². The average Bonchev–Trinajstić information content (AvgIpc) is 2.65. The average molecular weight is 487 g/mol. The number of nitrogens with zero attached hydrogens (tertiary/aromatic N) is 2. The molecule has 0 saturated carbocycles. The highest BCUT2D eigenvalue weighted by molar-refractivity contribution is 5.92. The van der Waals surface area contributed by atoms with Crippen molar-refractivity contribution in [2.45, 2.75) is 93.2 Å². The summed E-state index contributed by atoms with van der Waals surface area (Å²) in [6.07, 6.45) is 5.06. The van der Waals surface area contributed by atoms with Gasteiger partial charge in [-0.1, -0.05) is 53.7 Å². The van der Waals surface area contributed by atoms with Crippen molar-refractivity contribution in [1.29, 1.82) is 0 Å². The molecule has 0 aliphatic rings. The molecule has 4 N–H and O–H groups in total. The van der Waals surface area contributed by atoms with Crippen molar-refractivity contribution in [3.05, 3.63) is 60.2 Å². The van der Waals surface area contributed by atoms with Crippen molar-refractivity contribution in [2.75, 3.05) is 0 Å². The van der Waals surface area contributed by atoms with E-state index in [4.69, 9.17) is 10.8 Å². The molecule has 2 heterocycles. The second-order valence-corrected chi connectivity index (χ2v) is 12.5. The van der Waals surface area contributed by atoms with E-state index < -0.39 is 5.97 Å². The van der Waals surface area contributed by atoms with Gasteiger partial charge in [0.15, 0.2) is 0 Å². The molecule has 0 aliphatic carbocycles. The fourth-order valence-electron chi connectivity index (χ4n) is 4.09. The van der Waals surface area contributed by atoms with Crippen LogP contribution in [-0.4, -0.2) is 38.0 Å². The monoisotopic (exact) mass is 486 g/mol. The van der Waals surface area contributed by atoms with Crippen LogP contribution in [0.5, 0.6) is 0 Å². The molecule has 2 aromatic heterocycles. The van der Waals surface area contributed by atoms with Gasteiger partial charge in [0.2, 0.25) is 0 Å². The third-order valence-electron chi connectivity index (χ3n) is 4.19. The predicted molar refractivity (Wildman–Crippen MR) is 143 cm³/mol. The fraction of sp³-hybridized carbons (Fsp3) is 0.571. The number of aromatic nitrogens is 2. The van der Waals surface area contributed by atoms with Gasteiger partial charge in [-0.25, -0.2) is 9.78 Å². The van der Waals surface area contributed by atoms with Crippen molar-refractivity contribution in [3.8, 4) is 0 Å². The lowest BCUT2D eigenvalue weighted by molar-refractivity contribution is 0.0690. The van der Waals surface area contributed by atoms with Crippen molar-refractivity contribution in [1.82, 2.24) is 15.3 Å². The Morgan fingerprint density at radius 1 is 0.771 bits per heavy atom. The minimum atomic E-state index is -0.990. The first-order valence-corrected chi connectivity index (χ1v) is 11.9. The van der Waals surface area contributed by atoms with Gasteiger partial charge in [-0.3, -0.25) is 9.78 Å². The van der Waals surface area contributed by atoms with Gasteiger partial charge in [0.05, 0.1) is 0 Å². The summed E-state index contributed by atoms with van der Waals surface area (Å²) in [5, 5.41) is 11.3. The minimum Gasteiger partial charge on any atom is -0.477 e. The Balaban J connectivity index is 0.000000543. The lowest BCUT2D eigenvalue weighted by Gasteiger charge is -2.33. The third kappa shape index (κ3) is 18.2. The van der Waals surface area contributed by atoms with Crippen LogP contribution in [0.2, 0.25) is 0 Å². The summed E-state index contributed by atoms with van der Waals surface area (Å²) in [5.41, 5.74) is 6.67. The zero-order chi connectivity index (χ0) is 27.5. The van der Waals surface area contributed by atoms with Crippen LogP contribution in [0, 0.1) is 10.8 Å². The molecule has 2 aromatic rings. The highest BCUT2D eigenvalue weighted by Crippen LogP contribution is 2.27. The molecule has 0 bridgehead atoms. The second kappa shape index (κ2) is 13.3. The van der Waals surface area contributed by atoms with E-state index in [1.807, 2.05) is 19.9 Å². The maximum Gasteiger partial charge on any atom is 0.354 e. The van der Waals surface area contributed by atoms with Crippen LogP contribution in [0.4, 0.5) is 0 Å². The van der Waals surface area contributed by atoms with Crippen molar-refractivity contribution < 1.29 is 14.7 Å². The van der Waals surface area contributed by atoms with Gasteiger partial charge in [-0.15, -0.1) is 0 Å². The van der Waals surface area contributed by atoms with E-state index in [1.54, 1.807) is 30.5 Å². The first-order chi connectivity index (χ1) is 15.7. The number of pyridine rings is 2. The predicted octanol–water partition coefficient (Wildman–Crippen LogP) is 5.97. The zero-order valence-corrected chi connectivity index (χ0v) is 23.3. The van der Waals surface area contributed by atoms with E-state index in [0.717, 1.165) is 12.8 Å². The molecule has 0 spiro atoms. The number of carbonyl (C=O) groups excluding carboxylic acids is 1. The van der Waals surface area contributed by atoms with Crippen LogP contribution in [0.1, 0.15) is 103 Å². The highest BCUT2D eigenvalue weighted by Gasteiger charge is 2.27. The van der Waals surface area contributed by atoms with Crippen LogP contribution >= 0.6 is 0 Å². The number of carboxylic acid groups (broad SMARTS) is 1. The molecule has 1 amide bonds. The molecule has 0 unspecified atom stereocenters. The van der Waals surface area contributed by atoms with Gasteiger partial charge in [0.1, 0.15) is 11.4 Å². The van der Waals surface area contributed by atoms with E-state index >= 15 is 0 Å². The van der Waals surface area contributed by atoms with Crippen LogP contribution < -0.4 is 11.1 Å². The smallest absolute Gasteiger partial charge is 0.354 e. The van der Waals surface area contributed by atoms with Gasteiger partial charge in [0.25, 0.3) is 5.91 Å². The zero-order valence-electron chi connectivity index (χ0n) is 23.3. The van der Waals surface area contributed by atoms with E-state index in [0.29, 0.717) is 11.1 Å². The molecule has 2 rings (SSSR count). The highest BCUT2D eigenvalue weighted by atomic mass is 16.4. The topological polar surface area (TPSA) is 118 Å². The van der Waals surface area contributed by atoms with E-state index in [2.05, 4.69) is 70.7 Å². The summed E-state index contributed by atoms with van der Waals surface area (Å²) in [6, 6.07) is 10.1. The number of hydrogen-bond acceptors (Lipinski definition) is 5. The molecule has 196 valence electrons. The lowest BCUT2D eigenvalue weighted by Crippen LogP contribution is -2.46. The molecule has 35 heavy (non-hydrogen) atoms. The Morgan fingerprint density at radius 3 is 1.46 bits per heavy atom. The van der Waals surface area contributed by atoms with Crippen LogP contribution in [-0.2, 0) is 0 Å². The Kier molecular flexibility index (Phi) is 12.3. The SMILES string of the molecule is CC(C)(C)CC(C)(C)N.CC(C)(C)CC(C)(C)NC(=O)c1ccccn1.O=C(O)c1ccccn1. The minimum absolute atomic E-state index is 0.0156. The molecule has 0 radical (unpaired) electrons. The standard InChI is InChI=1S/C14H22N2O.C8H19N.C6H5NO2/c1-13(2,3)10-14(4,5)16-12(17)11-8-6-7-9-15-11;1-7(2,3)6-8(4,5)9;8-6(9)5-3-1-2-4-7-5/h6-9H,10H2,1-5H3,(H,16,17);6,9H2,1-5H3;1-4H,(H,8,9). The first kappa shape index (κ1) is 32.2. The number of carboxylic acids is 1. The van der Waals surface area contributed by atoms with Gasteiger partial charge >= 0.3 is 5.97 Å². The molecule has 0 aromatic carbocycles. The molecule has 0 fully saturated rings. The Hall–Kier alpha value is -2.80. The number of nitrogens with one attached hydrogen (secondary N) is 1. The van der Waals surface area contributed by atoms with E-state index in [1.165, 1.54) is 12.3 Å². The molecule has 0 atom stereocenters. The Bertz CT molecular complexity index is 880. The number of aromatic carboxylic acids is 1. The van der Waals surface area contributed by atoms with Crippen molar-refractivity contribution in [2.24, 2.45) is 16.6 Å². The second-order valence-electron chi connectivity index (χ2n) is 12.5. The summed E-state index contributed by atoms with van der Waals surface area (Å²) in [5.74, 6) is -1.10. The summed E-state index contributed by atoms with van der Waals surface area (Å²) >= 11 is 0. The largest absolute Gasteiger partial charge is 0.477 e. The summed E-state index contributed by atoms with van der Waals surface area (Å²) in [6.45, 7) is 21.4. The number of amides is 1. The Labute approximate surface area is 212 Å². The maximum atomic E-state index is 12.0. The molecular weight excluding hydrogens is 440 g/mol. The van der Waals surface area contributed by atoms with Crippen LogP contribution in [0.25, 0.3) is 0 Å². The third-order valence-corrected chi connectivity index (χ3v) is 4.19. The Morgan fingerprint density at radius 2 is 1.20 bits per heavy atom. The van der Waals surface area contributed by atoms with Gasteiger partial charge in [-0.05, 0) is 75.6 Å². The van der Waals surface area contributed by atoms with E-state index in [9.17, 15) is 9.59 Å². The van der Waals surface area contributed by atoms with E-state index in [-0.39, 0.29) is 28.1 Å². The maximum absolute atomic E-state index is 12.0. The number of rotatable bonds is 5. The van der Waals surface area contributed by atoms with Crippen LogP contribution in [0.15, 0.2) is 48.8 Å². The molecule has 0 saturated heterocycles. The summed E-state index contributed by atoms with van der Waals surface area (Å²) in [4.78, 5) is 29.7. The van der Waals surface area contributed by atoms with Gasteiger partial charge in [-0.2, -0.15) is 0 Å². The quantitative estimate of drug-likeness (QED) is 0.479. The first-order valence-electron chi connectivity index (χ1n) is 11.9. The lowest BCUT2D eigenvalue weighted by atomic mass is 9.82. The van der Waals surface area contributed by atoms with Gasteiger partial charge < -0.3 is 16.2 Å². The molecule has 7 nitrogen and oxygen atoms in total. The number of carbonyl (C=O) groups is 2. The fourth-order valence-corrected chi connectivity index (χ4v) is 4.09. The van der Waals surface area contributed by atoms with Crippen molar-refractivity contribution >= 4 is 11.9 Å². The van der Waals surface area contributed by atoms with Crippen LogP contribution in [0.3, 0.4) is 0 Å². The normalized spacial score (nSPS) is 11.9. The summed E-state index contributed by atoms with van der Waals surface area (Å²) in [7, 11) is 0. The van der Waals surface area contributed by atoms with Gasteiger partial charge in [0, 0.05) is 23.5 Å². The molecular formula is C28H46N4O3. The number of nitrogens with two attached hydrogens (primary N) is 1. The summed E-state index contributed by atoms with van der Waals surface area (Å²) < 4.78 is 0. The molecule has 7 heteroatoms. The molecule has 0 aliphatic heterocycles. The number of hydrogen-bond donors (Lipinski definition) is 3.